The third-order valence-corrected chi connectivity index (χ3v) is 4.38. The van der Waals surface area contributed by atoms with Gasteiger partial charge in [-0.15, -0.1) is 0 Å². The molecule has 0 bridgehead atoms. The third kappa shape index (κ3) is 2.69. The molecule has 1 aromatic heterocycles. The van der Waals surface area contributed by atoms with Gasteiger partial charge in [0.05, 0.1) is 0 Å². The smallest absolute Gasteiger partial charge is 0.0414 e. The van der Waals surface area contributed by atoms with Gasteiger partial charge in [-0.05, 0) is 45.8 Å². The van der Waals surface area contributed by atoms with Crippen molar-refractivity contribution in [1.82, 2.24) is 10.3 Å². The summed E-state index contributed by atoms with van der Waals surface area (Å²) in [4.78, 5) is 4.49. The largest absolute Gasteiger partial charge is 0.315 e. The number of benzene rings is 1. The zero-order chi connectivity index (χ0) is 13.3. The minimum Gasteiger partial charge on any atom is -0.315 e. The Balaban J connectivity index is 1.89. The van der Waals surface area contributed by atoms with E-state index < -0.39 is 0 Å². The number of pyridine rings is 1. The normalized spacial score (nSPS) is 16.9. The van der Waals surface area contributed by atoms with Gasteiger partial charge in [-0.25, -0.2) is 0 Å². The first-order chi connectivity index (χ1) is 9.18. The van der Waals surface area contributed by atoms with Crippen molar-refractivity contribution in [3.8, 4) is 0 Å². The van der Waals surface area contributed by atoms with Crippen molar-refractivity contribution in [1.29, 1.82) is 0 Å². The van der Waals surface area contributed by atoms with Crippen LogP contribution in [-0.2, 0) is 11.8 Å². The van der Waals surface area contributed by atoms with Crippen LogP contribution >= 0.6 is 27.5 Å². The zero-order valence-electron chi connectivity index (χ0n) is 10.4. The van der Waals surface area contributed by atoms with Crippen molar-refractivity contribution in [2.75, 3.05) is 13.1 Å². The van der Waals surface area contributed by atoms with Crippen molar-refractivity contribution in [2.24, 2.45) is 0 Å². The molecule has 0 saturated carbocycles. The maximum Gasteiger partial charge on any atom is 0.0414 e. The minimum atomic E-state index is 0.131. The lowest BCUT2D eigenvalue weighted by Crippen LogP contribution is -2.58. The summed E-state index contributed by atoms with van der Waals surface area (Å²) in [7, 11) is 0. The summed E-state index contributed by atoms with van der Waals surface area (Å²) in [5.74, 6) is 0. The molecule has 2 aromatic rings. The highest BCUT2D eigenvalue weighted by Crippen LogP contribution is 2.33. The van der Waals surface area contributed by atoms with Crippen LogP contribution in [0.1, 0.15) is 11.3 Å². The van der Waals surface area contributed by atoms with E-state index in [2.05, 4.69) is 44.4 Å². The van der Waals surface area contributed by atoms with Gasteiger partial charge in [-0.3, -0.25) is 4.98 Å². The van der Waals surface area contributed by atoms with Gasteiger partial charge in [0.15, 0.2) is 0 Å². The fourth-order valence-corrected chi connectivity index (χ4v) is 2.96. The summed E-state index contributed by atoms with van der Waals surface area (Å²) in [6, 6.07) is 12.3. The number of hydrogen-bond acceptors (Lipinski definition) is 2. The van der Waals surface area contributed by atoms with Gasteiger partial charge in [0.1, 0.15) is 0 Å². The van der Waals surface area contributed by atoms with Gasteiger partial charge >= 0.3 is 0 Å². The molecule has 0 radical (unpaired) electrons. The summed E-state index contributed by atoms with van der Waals surface area (Å²) in [6.45, 7) is 1.95. The van der Waals surface area contributed by atoms with E-state index >= 15 is 0 Å². The van der Waals surface area contributed by atoms with Crippen LogP contribution in [0.3, 0.4) is 0 Å². The zero-order valence-corrected chi connectivity index (χ0v) is 12.7. The van der Waals surface area contributed by atoms with E-state index in [9.17, 15) is 0 Å². The number of aromatic nitrogens is 1. The fourth-order valence-electron chi connectivity index (χ4n) is 2.53. The lowest BCUT2D eigenvalue weighted by molar-refractivity contribution is 0.272. The quantitative estimate of drug-likeness (QED) is 0.926. The summed E-state index contributed by atoms with van der Waals surface area (Å²) >= 11 is 9.53. The van der Waals surface area contributed by atoms with Crippen molar-refractivity contribution < 1.29 is 0 Å². The highest BCUT2D eigenvalue weighted by molar-refractivity contribution is 9.10. The van der Waals surface area contributed by atoms with Gasteiger partial charge < -0.3 is 5.32 Å². The van der Waals surface area contributed by atoms with Crippen LogP contribution in [-0.4, -0.2) is 18.1 Å². The van der Waals surface area contributed by atoms with Crippen LogP contribution in [0.2, 0.25) is 5.02 Å². The Morgan fingerprint density at radius 2 is 2.11 bits per heavy atom. The fraction of sp³-hybridized carbons (Fsp3) is 0.267. The molecule has 3 rings (SSSR count). The Hall–Kier alpha value is -0.900. The van der Waals surface area contributed by atoms with E-state index in [1.165, 1.54) is 5.56 Å². The number of nitrogens with one attached hydrogen (secondary N) is 1. The summed E-state index contributed by atoms with van der Waals surface area (Å²) < 4.78 is 1.01. The Kier molecular flexibility index (Phi) is 3.61. The molecule has 19 heavy (non-hydrogen) atoms. The van der Waals surface area contributed by atoms with Gasteiger partial charge in [0, 0.05) is 46.3 Å². The van der Waals surface area contributed by atoms with Crippen LogP contribution in [0.25, 0.3) is 0 Å². The molecule has 0 unspecified atom stereocenters. The average molecular weight is 338 g/mol. The SMILES string of the molecule is Clc1cccc(C2(Cc3ccc(Br)cn3)CNC2)c1. The van der Waals surface area contributed by atoms with Gasteiger partial charge in [0.25, 0.3) is 0 Å². The maximum absolute atomic E-state index is 6.11. The van der Waals surface area contributed by atoms with E-state index in [-0.39, 0.29) is 5.41 Å². The van der Waals surface area contributed by atoms with Crippen LogP contribution in [0.5, 0.6) is 0 Å². The maximum atomic E-state index is 6.11. The molecule has 1 aliphatic heterocycles. The first kappa shape index (κ1) is 13.1. The van der Waals surface area contributed by atoms with Crippen LogP contribution in [0, 0.1) is 0 Å². The lowest BCUT2D eigenvalue weighted by Gasteiger charge is -2.43. The lowest BCUT2D eigenvalue weighted by atomic mass is 9.72. The molecule has 1 fully saturated rings. The second kappa shape index (κ2) is 5.23. The Bertz CT molecular complexity index is 579. The molecule has 0 spiro atoms. The second-order valence-electron chi connectivity index (χ2n) is 5.04. The second-order valence-corrected chi connectivity index (χ2v) is 6.39. The summed E-state index contributed by atoms with van der Waals surface area (Å²) in [5, 5.41) is 4.17. The molecule has 1 saturated heterocycles. The molecule has 0 amide bonds. The monoisotopic (exact) mass is 336 g/mol. The molecule has 1 N–H and O–H groups in total. The summed E-state index contributed by atoms with van der Waals surface area (Å²) in [5.41, 5.74) is 2.54. The minimum absolute atomic E-state index is 0.131. The highest BCUT2D eigenvalue weighted by atomic mass is 79.9. The molecule has 4 heteroatoms. The molecule has 1 aliphatic rings. The molecule has 2 heterocycles. The van der Waals surface area contributed by atoms with E-state index in [1.807, 2.05) is 24.4 Å². The highest BCUT2D eigenvalue weighted by Gasteiger charge is 2.39. The van der Waals surface area contributed by atoms with Crippen LogP contribution in [0.15, 0.2) is 47.1 Å². The molecule has 1 aromatic carbocycles. The standard InChI is InChI=1S/C15H14BrClN2/c16-12-4-5-14(19-8-12)7-15(9-18-10-15)11-2-1-3-13(17)6-11/h1-6,8,18H,7,9-10H2. The first-order valence-corrected chi connectivity index (χ1v) is 7.42. The summed E-state index contributed by atoms with van der Waals surface area (Å²) in [6.07, 6.45) is 2.79. The van der Waals surface area contributed by atoms with Crippen molar-refractivity contribution >= 4 is 27.5 Å². The molecule has 98 valence electrons. The average Bonchev–Trinajstić information content (AvgIpc) is 2.36. The molecular formula is C15H14BrClN2. The molecule has 0 aliphatic carbocycles. The topological polar surface area (TPSA) is 24.9 Å². The van der Waals surface area contributed by atoms with E-state index in [4.69, 9.17) is 11.6 Å². The Morgan fingerprint density at radius 3 is 2.68 bits per heavy atom. The first-order valence-electron chi connectivity index (χ1n) is 6.25. The number of rotatable bonds is 3. The number of nitrogens with zero attached hydrogens (tertiary/aromatic N) is 1. The van der Waals surface area contributed by atoms with Crippen molar-refractivity contribution in [3.63, 3.8) is 0 Å². The Morgan fingerprint density at radius 1 is 1.26 bits per heavy atom. The third-order valence-electron chi connectivity index (χ3n) is 3.67. The van der Waals surface area contributed by atoms with E-state index in [1.54, 1.807) is 0 Å². The van der Waals surface area contributed by atoms with Crippen molar-refractivity contribution in [2.45, 2.75) is 11.8 Å². The van der Waals surface area contributed by atoms with Crippen molar-refractivity contribution in [3.05, 3.63) is 63.3 Å². The number of halogens is 2. The predicted molar refractivity (Wildman–Crippen MR) is 81.6 cm³/mol. The number of hydrogen-bond donors (Lipinski definition) is 1. The Labute approximate surface area is 126 Å². The molecule has 0 atom stereocenters. The molecule has 2 nitrogen and oxygen atoms in total. The van der Waals surface area contributed by atoms with Crippen LogP contribution < -0.4 is 5.32 Å². The van der Waals surface area contributed by atoms with E-state index in [0.717, 1.165) is 34.7 Å². The van der Waals surface area contributed by atoms with Gasteiger partial charge in [-0.1, -0.05) is 23.7 Å². The van der Waals surface area contributed by atoms with Gasteiger partial charge in [0.2, 0.25) is 0 Å². The van der Waals surface area contributed by atoms with Gasteiger partial charge in [-0.2, -0.15) is 0 Å². The predicted octanol–water partition coefficient (Wildman–Crippen LogP) is 3.58. The van der Waals surface area contributed by atoms with E-state index in [0.29, 0.717) is 0 Å². The van der Waals surface area contributed by atoms with Crippen LogP contribution in [0.4, 0.5) is 0 Å². The molecular weight excluding hydrogens is 324 g/mol.